The largest absolute Gasteiger partial charge is 0.497 e. The summed E-state index contributed by atoms with van der Waals surface area (Å²) in [6.07, 6.45) is 2.06. The maximum atomic E-state index is 5.64. The molecule has 0 unspecified atom stereocenters. The molecule has 1 fully saturated rings. The van der Waals surface area contributed by atoms with Gasteiger partial charge in [-0.25, -0.2) is 0 Å². The summed E-state index contributed by atoms with van der Waals surface area (Å²) in [6, 6.07) is 12.5. The van der Waals surface area contributed by atoms with Crippen molar-refractivity contribution < 1.29 is 13.9 Å². The Balaban J connectivity index is 1.70. The third-order valence-corrected chi connectivity index (χ3v) is 4.71. The van der Waals surface area contributed by atoms with Gasteiger partial charge in [0.1, 0.15) is 17.3 Å². The molecular formula is C19H25NO3. The SMILES string of the molecule is COc1ccc(C2(CNCc3ccc(C)o3)CCOCC2)cc1. The number of benzene rings is 1. The summed E-state index contributed by atoms with van der Waals surface area (Å²) in [5.41, 5.74) is 1.47. The minimum absolute atomic E-state index is 0.117. The molecule has 0 spiro atoms. The average Bonchev–Trinajstić information content (AvgIpc) is 3.01. The molecule has 0 saturated carbocycles. The molecule has 124 valence electrons. The topological polar surface area (TPSA) is 43.6 Å². The van der Waals surface area contributed by atoms with Crippen LogP contribution in [0.25, 0.3) is 0 Å². The Kier molecular flexibility index (Phi) is 5.03. The quantitative estimate of drug-likeness (QED) is 0.887. The van der Waals surface area contributed by atoms with Crippen LogP contribution in [0.3, 0.4) is 0 Å². The van der Waals surface area contributed by atoms with E-state index in [4.69, 9.17) is 13.9 Å². The van der Waals surface area contributed by atoms with Crippen molar-refractivity contribution in [2.24, 2.45) is 0 Å². The predicted molar refractivity (Wildman–Crippen MR) is 89.9 cm³/mol. The first-order chi connectivity index (χ1) is 11.2. The van der Waals surface area contributed by atoms with Crippen LogP contribution in [0.5, 0.6) is 5.75 Å². The van der Waals surface area contributed by atoms with Crippen molar-refractivity contribution in [1.82, 2.24) is 5.32 Å². The Hall–Kier alpha value is -1.78. The Labute approximate surface area is 137 Å². The van der Waals surface area contributed by atoms with Gasteiger partial charge in [-0.1, -0.05) is 12.1 Å². The van der Waals surface area contributed by atoms with E-state index in [0.717, 1.165) is 56.4 Å². The molecule has 0 bridgehead atoms. The van der Waals surface area contributed by atoms with Gasteiger partial charge in [-0.05, 0) is 49.6 Å². The van der Waals surface area contributed by atoms with Crippen LogP contribution in [-0.2, 0) is 16.7 Å². The number of rotatable bonds is 6. The van der Waals surface area contributed by atoms with Crippen LogP contribution in [0.2, 0.25) is 0 Å². The normalized spacial score (nSPS) is 17.1. The third kappa shape index (κ3) is 3.77. The summed E-state index contributed by atoms with van der Waals surface area (Å²) >= 11 is 0. The molecule has 0 radical (unpaired) electrons. The van der Waals surface area contributed by atoms with E-state index in [1.54, 1.807) is 7.11 Å². The maximum Gasteiger partial charge on any atom is 0.118 e. The second-order valence-electron chi connectivity index (χ2n) is 6.24. The highest BCUT2D eigenvalue weighted by molar-refractivity contribution is 5.33. The molecule has 2 aromatic rings. The van der Waals surface area contributed by atoms with Crippen molar-refractivity contribution in [1.29, 1.82) is 0 Å². The van der Waals surface area contributed by atoms with Crippen molar-refractivity contribution in [2.45, 2.75) is 31.7 Å². The van der Waals surface area contributed by atoms with E-state index in [1.165, 1.54) is 5.56 Å². The van der Waals surface area contributed by atoms with Gasteiger partial charge in [0.05, 0.1) is 13.7 Å². The molecule has 1 aliphatic rings. The van der Waals surface area contributed by atoms with Gasteiger partial charge in [-0.15, -0.1) is 0 Å². The monoisotopic (exact) mass is 315 g/mol. The molecule has 1 aromatic carbocycles. The summed E-state index contributed by atoms with van der Waals surface area (Å²) < 4.78 is 16.5. The van der Waals surface area contributed by atoms with Gasteiger partial charge in [0.15, 0.2) is 0 Å². The molecule has 0 atom stereocenters. The summed E-state index contributed by atoms with van der Waals surface area (Å²) in [7, 11) is 1.70. The van der Waals surface area contributed by atoms with Gasteiger partial charge >= 0.3 is 0 Å². The standard InChI is InChI=1S/C19H25NO3/c1-15-3-6-18(23-15)13-20-14-19(9-11-22-12-10-19)16-4-7-17(21-2)8-5-16/h3-8,20H,9-14H2,1-2H3. The van der Waals surface area contributed by atoms with Gasteiger partial charge in [-0.3, -0.25) is 0 Å². The number of hydrogen-bond acceptors (Lipinski definition) is 4. The van der Waals surface area contributed by atoms with Gasteiger partial charge in [0.2, 0.25) is 0 Å². The van der Waals surface area contributed by atoms with Gasteiger partial charge < -0.3 is 19.2 Å². The fraction of sp³-hybridized carbons (Fsp3) is 0.474. The zero-order chi connectivity index (χ0) is 16.1. The zero-order valence-electron chi connectivity index (χ0n) is 13.9. The van der Waals surface area contributed by atoms with Crippen LogP contribution < -0.4 is 10.1 Å². The first-order valence-corrected chi connectivity index (χ1v) is 8.20. The third-order valence-electron chi connectivity index (χ3n) is 4.71. The van der Waals surface area contributed by atoms with E-state index in [1.807, 2.05) is 31.2 Å². The van der Waals surface area contributed by atoms with E-state index in [-0.39, 0.29) is 5.41 Å². The van der Waals surface area contributed by atoms with Gasteiger partial charge in [-0.2, -0.15) is 0 Å². The lowest BCUT2D eigenvalue weighted by atomic mass is 9.74. The molecule has 2 heterocycles. The number of ether oxygens (including phenoxy) is 2. The highest BCUT2D eigenvalue weighted by Gasteiger charge is 2.34. The number of furan rings is 1. The molecule has 3 rings (SSSR count). The average molecular weight is 315 g/mol. The maximum absolute atomic E-state index is 5.64. The van der Waals surface area contributed by atoms with Crippen molar-refractivity contribution in [2.75, 3.05) is 26.9 Å². The Bertz CT molecular complexity index is 612. The molecule has 0 amide bonds. The molecule has 1 aromatic heterocycles. The minimum atomic E-state index is 0.117. The van der Waals surface area contributed by atoms with Crippen molar-refractivity contribution in [3.05, 3.63) is 53.5 Å². The van der Waals surface area contributed by atoms with Gasteiger partial charge in [0, 0.05) is 25.2 Å². The van der Waals surface area contributed by atoms with Crippen molar-refractivity contribution in [3.63, 3.8) is 0 Å². The summed E-state index contributed by atoms with van der Waals surface area (Å²) in [4.78, 5) is 0. The lowest BCUT2D eigenvalue weighted by Crippen LogP contribution is -2.42. The smallest absolute Gasteiger partial charge is 0.118 e. The molecule has 0 aliphatic carbocycles. The highest BCUT2D eigenvalue weighted by atomic mass is 16.5. The van der Waals surface area contributed by atoms with Crippen LogP contribution in [0, 0.1) is 6.92 Å². The van der Waals surface area contributed by atoms with E-state index in [9.17, 15) is 0 Å². The molecular weight excluding hydrogens is 290 g/mol. The first-order valence-electron chi connectivity index (χ1n) is 8.20. The Morgan fingerprint density at radius 2 is 1.83 bits per heavy atom. The minimum Gasteiger partial charge on any atom is -0.497 e. The zero-order valence-corrected chi connectivity index (χ0v) is 13.9. The van der Waals surface area contributed by atoms with Crippen LogP contribution >= 0.6 is 0 Å². The summed E-state index contributed by atoms with van der Waals surface area (Å²) in [5, 5.41) is 3.57. The highest BCUT2D eigenvalue weighted by Crippen LogP contribution is 2.35. The van der Waals surface area contributed by atoms with Gasteiger partial charge in [0.25, 0.3) is 0 Å². The summed E-state index contributed by atoms with van der Waals surface area (Å²) in [5.74, 6) is 2.84. The second-order valence-corrected chi connectivity index (χ2v) is 6.24. The fourth-order valence-corrected chi connectivity index (χ4v) is 3.28. The first kappa shape index (κ1) is 16.1. The van der Waals surface area contributed by atoms with E-state index in [2.05, 4.69) is 17.4 Å². The Morgan fingerprint density at radius 1 is 1.09 bits per heavy atom. The fourth-order valence-electron chi connectivity index (χ4n) is 3.28. The van der Waals surface area contributed by atoms with Crippen molar-refractivity contribution >= 4 is 0 Å². The number of nitrogens with one attached hydrogen (secondary N) is 1. The number of methoxy groups -OCH3 is 1. The van der Waals surface area contributed by atoms with E-state index >= 15 is 0 Å². The number of aryl methyl sites for hydroxylation is 1. The van der Waals surface area contributed by atoms with Crippen LogP contribution in [0.15, 0.2) is 40.8 Å². The van der Waals surface area contributed by atoms with E-state index < -0.39 is 0 Å². The predicted octanol–water partition coefficient (Wildman–Crippen LogP) is 3.43. The van der Waals surface area contributed by atoms with Crippen LogP contribution in [-0.4, -0.2) is 26.9 Å². The molecule has 1 aliphatic heterocycles. The van der Waals surface area contributed by atoms with Crippen LogP contribution in [0.1, 0.15) is 29.9 Å². The summed E-state index contributed by atoms with van der Waals surface area (Å²) in [6.45, 7) is 5.27. The lowest BCUT2D eigenvalue weighted by molar-refractivity contribution is 0.0496. The second kappa shape index (κ2) is 7.20. The number of hydrogen-bond donors (Lipinski definition) is 1. The molecule has 23 heavy (non-hydrogen) atoms. The molecule has 4 heteroatoms. The van der Waals surface area contributed by atoms with Crippen molar-refractivity contribution in [3.8, 4) is 5.75 Å². The lowest BCUT2D eigenvalue weighted by Gasteiger charge is -2.38. The Morgan fingerprint density at radius 3 is 2.43 bits per heavy atom. The molecule has 1 N–H and O–H groups in total. The van der Waals surface area contributed by atoms with E-state index in [0.29, 0.717) is 0 Å². The molecule has 1 saturated heterocycles. The molecule has 4 nitrogen and oxygen atoms in total. The van der Waals surface area contributed by atoms with Crippen LogP contribution in [0.4, 0.5) is 0 Å².